The maximum atomic E-state index is 13.8. The summed E-state index contributed by atoms with van der Waals surface area (Å²) < 4.78 is 1.59. The number of benzene rings is 2. The van der Waals surface area contributed by atoms with Gasteiger partial charge in [0.15, 0.2) is 5.78 Å². The minimum Gasteiger partial charge on any atom is -0.384 e. The molecule has 0 saturated carbocycles. The van der Waals surface area contributed by atoms with E-state index in [4.69, 9.17) is 28.9 Å². The number of nitriles is 1. The van der Waals surface area contributed by atoms with Gasteiger partial charge in [-0.25, -0.2) is 4.68 Å². The fraction of sp³-hybridized carbons (Fsp3) is 0.276. The average Bonchev–Trinajstić information content (AvgIpc) is 3.12. The third kappa shape index (κ3) is 4.22. The Morgan fingerprint density at radius 2 is 1.78 bits per heavy atom. The molecule has 1 aliphatic heterocycles. The lowest BCUT2D eigenvalue weighted by atomic mass is 9.68. The fourth-order valence-corrected chi connectivity index (χ4v) is 5.97. The summed E-state index contributed by atoms with van der Waals surface area (Å²) in [5.41, 5.74) is 11.9. The first-order valence-corrected chi connectivity index (χ1v) is 12.8. The maximum Gasteiger partial charge on any atom is 0.162 e. The summed E-state index contributed by atoms with van der Waals surface area (Å²) in [5.74, 6) is -0.433. The van der Waals surface area contributed by atoms with Crippen molar-refractivity contribution >= 4 is 34.7 Å². The Balaban J connectivity index is 1.77. The molecule has 2 N–H and O–H groups in total. The van der Waals surface area contributed by atoms with Crippen LogP contribution in [-0.4, -0.2) is 15.6 Å². The van der Waals surface area contributed by atoms with Gasteiger partial charge in [-0.15, -0.1) is 0 Å². The average molecular weight is 532 g/mol. The van der Waals surface area contributed by atoms with E-state index in [1.807, 2.05) is 55.1 Å². The summed E-state index contributed by atoms with van der Waals surface area (Å²) in [7, 11) is 0. The van der Waals surface area contributed by atoms with Crippen LogP contribution in [0.2, 0.25) is 10.2 Å². The highest BCUT2D eigenvalue weighted by molar-refractivity contribution is 6.31. The number of halogens is 2. The van der Waals surface area contributed by atoms with Crippen LogP contribution in [-0.2, 0) is 4.79 Å². The smallest absolute Gasteiger partial charge is 0.162 e. The molecule has 1 aromatic heterocycles. The van der Waals surface area contributed by atoms with Gasteiger partial charge in [-0.1, -0.05) is 60.8 Å². The summed E-state index contributed by atoms with van der Waals surface area (Å²) in [6.45, 7) is 7.99. The number of hydrogen-bond acceptors (Lipinski definition) is 5. The molecule has 1 atom stereocenters. The number of aryl methyl sites for hydroxylation is 2. The number of allylic oxidation sites excluding steroid dienone is 3. The molecule has 2 aromatic carbocycles. The van der Waals surface area contributed by atoms with Crippen molar-refractivity contribution in [2.24, 2.45) is 11.1 Å². The van der Waals surface area contributed by atoms with Crippen molar-refractivity contribution in [1.82, 2.24) is 9.78 Å². The number of nitrogens with zero attached hydrogens (tertiary/aromatic N) is 4. The normalized spacial score (nSPS) is 19.2. The van der Waals surface area contributed by atoms with Gasteiger partial charge >= 0.3 is 0 Å². The Morgan fingerprint density at radius 1 is 1.08 bits per heavy atom. The van der Waals surface area contributed by atoms with Gasteiger partial charge in [0.2, 0.25) is 0 Å². The van der Waals surface area contributed by atoms with Crippen LogP contribution in [0.3, 0.4) is 0 Å². The van der Waals surface area contributed by atoms with Gasteiger partial charge in [0.1, 0.15) is 11.0 Å². The molecule has 0 saturated heterocycles. The van der Waals surface area contributed by atoms with E-state index >= 15 is 0 Å². The zero-order valence-electron chi connectivity index (χ0n) is 21.1. The fourth-order valence-electron chi connectivity index (χ4n) is 5.40. The number of rotatable bonds is 3. The Hall–Kier alpha value is -3.53. The standard InChI is InChI=1S/C29H27Cl2N5O/c1-16-8-10-19(11-9-16)35-22-13-29(3,4)14-23(37)26(22)25(21(15-32)28(35)33)24-17(2)34-36(27(24)31)20-7-5-6-18(30)12-20/h5-12,25H,13-14,33H2,1-4H3. The molecular weight excluding hydrogens is 505 g/mol. The van der Waals surface area contributed by atoms with Gasteiger partial charge in [-0.2, -0.15) is 10.4 Å². The Morgan fingerprint density at radius 3 is 2.43 bits per heavy atom. The minimum absolute atomic E-state index is 0.0143. The first kappa shape index (κ1) is 25.1. The summed E-state index contributed by atoms with van der Waals surface area (Å²) in [6.07, 6.45) is 0.985. The van der Waals surface area contributed by atoms with Crippen LogP contribution >= 0.6 is 23.2 Å². The third-order valence-corrected chi connectivity index (χ3v) is 7.66. The van der Waals surface area contributed by atoms with E-state index in [0.29, 0.717) is 51.4 Å². The quantitative estimate of drug-likeness (QED) is 0.404. The second-order valence-corrected chi connectivity index (χ2v) is 11.3. The number of anilines is 1. The highest BCUT2D eigenvalue weighted by Gasteiger charge is 2.46. The molecule has 8 heteroatoms. The van der Waals surface area contributed by atoms with E-state index in [9.17, 15) is 10.1 Å². The molecule has 2 aliphatic rings. The first-order chi connectivity index (χ1) is 17.5. The molecule has 0 radical (unpaired) electrons. The van der Waals surface area contributed by atoms with Gasteiger partial charge in [-0.3, -0.25) is 9.69 Å². The lowest BCUT2D eigenvalue weighted by Crippen LogP contribution is -2.42. The Labute approximate surface area is 226 Å². The molecule has 0 bridgehead atoms. The summed E-state index contributed by atoms with van der Waals surface area (Å²) >= 11 is 13.2. The monoisotopic (exact) mass is 531 g/mol. The van der Waals surface area contributed by atoms with Gasteiger partial charge in [-0.05, 0) is 56.0 Å². The van der Waals surface area contributed by atoms with E-state index < -0.39 is 5.92 Å². The topological polar surface area (TPSA) is 87.9 Å². The van der Waals surface area contributed by atoms with Crippen molar-refractivity contribution in [3.8, 4) is 11.8 Å². The number of carbonyl (C=O) groups excluding carboxylic acids is 1. The van der Waals surface area contributed by atoms with Crippen molar-refractivity contribution in [3.63, 3.8) is 0 Å². The van der Waals surface area contributed by atoms with Crippen LogP contribution in [0.1, 0.15) is 49.4 Å². The lowest BCUT2D eigenvalue weighted by Gasteiger charge is -2.43. The van der Waals surface area contributed by atoms with Gasteiger partial charge < -0.3 is 5.73 Å². The highest BCUT2D eigenvalue weighted by atomic mass is 35.5. The predicted molar refractivity (Wildman–Crippen MR) is 147 cm³/mol. The zero-order chi connectivity index (χ0) is 26.6. The van der Waals surface area contributed by atoms with Crippen LogP contribution < -0.4 is 10.6 Å². The van der Waals surface area contributed by atoms with Crippen LogP contribution in [0.5, 0.6) is 0 Å². The van der Waals surface area contributed by atoms with E-state index in [0.717, 1.165) is 16.9 Å². The van der Waals surface area contributed by atoms with Gasteiger partial charge in [0.25, 0.3) is 0 Å². The molecule has 188 valence electrons. The number of hydrogen-bond donors (Lipinski definition) is 1. The van der Waals surface area contributed by atoms with Crippen LogP contribution in [0.25, 0.3) is 5.69 Å². The molecule has 0 amide bonds. The van der Waals surface area contributed by atoms with Crippen LogP contribution in [0, 0.1) is 30.6 Å². The second-order valence-electron chi connectivity index (χ2n) is 10.5. The molecule has 37 heavy (non-hydrogen) atoms. The van der Waals surface area contributed by atoms with Crippen LogP contribution in [0.15, 0.2) is 71.2 Å². The van der Waals surface area contributed by atoms with E-state index in [1.165, 1.54) is 0 Å². The van der Waals surface area contributed by atoms with Crippen molar-refractivity contribution in [2.45, 2.75) is 46.5 Å². The molecule has 6 nitrogen and oxygen atoms in total. The molecule has 2 heterocycles. The highest BCUT2D eigenvalue weighted by Crippen LogP contribution is 2.51. The van der Waals surface area contributed by atoms with Gasteiger partial charge in [0, 0.05) is 34.0 Å². The van der Waals surface area contributed by atoms with Crippen molar-refractivity contribution in [2.75, 3.05) is 4.90 Å². The second kappa shape index (κ2) is 9.09. The number of aromatic nitrogens is 2. The Kier molecular flexibility index (Phi) is 6.18. The molecule has 3 aromatic rings. The first-order valence-electron chi connectivity index (χ1n) is 12.1. The largest absolute Gasteiger partial charge is 0.384 e. The molecule has 1 aliphatic carbocycles. The molecule has 5 rings (SSSR count). The molecule has 0 spiro atoms. The number of nitrogens with two attached hydrogens (primary N) is 1. The molecular formula is C29H27Cl2N5O. The Bertz CT molecular complexity index is 1540. The molecule has 0 fully saturated rings. The molecule has 1 unspecified atom stereocenters. The van der Waals surface area contributed by atoms with Crippen LogP contribution in [0.4, 0.5) is 5.69 Å². The number of ketones is 1. The number of carbonyl (C=O) groups is 1. The SMILES string of the molecule is Cc1ccc(N2C(N)=C(C#N)C(c3c(C)nn(-c4cccc(Cl)c4)c3Cl)C3=C2CC(C)(C)CC3=O)cc1. The summed E-state index contributed by atoms with van der Waals surface area (Å²) in [5, 5.41) is 15.9. The van der Waals surface area contributed by atoms with Crippen molar-refractivity contribution in [1.29, 1.82) is 5.26 Å². The van der Waals surface area contributed by atoms with Gasteiger partial charge in [0.05, 0.1) is 28.9 Å². The summed E-state index contributed by atoms with van der Waals surface area (Å²) in [6, 6.07) is 17.4. The zero-order valence-corrected chi connectivity index (χ0v) is 22.7. The van der Waals surface area contributed by atoms with E-state index in [-0.39, 0.29) is 16.8 Å². The van der Waals surface area contributed by atoms with E-state index in [1.54, 1.807) is 16.8 Å². The predicted octanol–water partition coefficient (Wildman–Crippen LogP) is 6.74. The van der Waals surface area contributed by atoms with Crippen molar-refractivity contribution < 1.29 is 4.79 Å². The minimum atomic E-state index is -0.717. The van der Waals surface area contributed by atoms with E-state index in [2.05, 4.69) is 25.0 Å². The maximum absolute atomic E-state index is 13.8. The lowest BCUT2D eigenvalue weighted by molar-refractivity contribution is -0.118. The summed E-state index contributed by atoms with van der Waals surface area (Å²) in [4.78, 5) is 15.7. The number of Topliss-reactive ketones (excluding diaryl/α,β-unsaturated/α-hetero) is 1. The third-order valence-electron chi connectivity index (χ3n) is 7.06. The van der Waals surface area contributed by atoms with Crippen molar-refractivity contribution in [3.05, 3.63) is 98.2 Å².